The van der Waals surface area contributed by atoms with Crippen molar-refractivity contribution < 1.29 is 18.0 Å². The molecular weight excluding hydrogens is 349 g/mol. The summed E-state index contributed by atoms with van der Waals surface area (Å²) in [7, 11) is 0. The smallest absolute Gasteiger partial charge is 0.334 e. The fourth-order valence-corrected chi connectivity index (χ4v) is 4.64. The van der Waals surface area contributed by atoms with E-state index in [4.69, 9.17) is 0 Å². The summed E-state index contributed by atoms with van der Waals surface area (Å²) in [5.41, 5.74) is -1.06. The van der Waals surface area contributed by atoms with Crippen LogP contribution in [0.3, 0.4) is 0 Å². The molecular formula is C18H23F3N2OS. The van der Waals surface area contributed by atoms with Gasteiger partial charge in [0.25, 0.3) is 5.91 Å². The number of rotatable bonds is 3. The molecule has 2 saturated heterocycles. The molecule has 0 bridgehead atoms. The normalized spacial score (nSPS) is 22.8. The van der Waals surface area contributed by atoms with Gasteiger partial charge < -0.3 is 9.80 Å². The van der Waals surface area contributed by atoms with Crippen molar-refractivity contribution in [1.29, 1.82) is 0 Å². The molecule has 7 heteroatoms. The van der Waals surface area contributed by atoms with Gasteiger partial charge in [0.2, 0.25) is 0 Å². The number of benzene rings is 1. The second kappa shape index (κ2) is 7.99. The summed E-state index contributed by atoms with van der Waals surface area (Å²) in [6.45, 7) is 3.31. The Morgan fingerprint density at radius 3 is 2.56 bits per heavy atom. The summed E-state index contributed by atoms with van der Waals surface area (Å²) in [4.78, 5) is 17.0. The lowest BCUT2D eigenvalue weighted by atomic mass is 10.0. The van der Waals surface area contributed by atoms with Gasteiger partial charge in [0.1, 0.15) is 0 Å². The van der Waals surface area contributed by atoms with Crippen LogP contribution in [0.25, 0.3) is 0 Å². The number of halogens is 3. The quantitative estimate of drug-likeness (QED) is 0.807. The Hall–Kier alpha value is -1.21. The minimum absolute atomic E-state index is 0.0283. The average Bonchev–Trinajstić information content (AvgIpc) is 2.98. The van der Waals surface area contributed by atoms with E-state index in [1.54, 1.807) is 16.7 Å². The zero-order valence-electron chi connectivity index (χ0n) is 14.1. The lowest BCUT2D eigenvalue weighted by molar-refractivity contribution is -0.138. The van der Waals surface area contributed by atoms with Crippen LogP contribution >= 0.6 is 11.8 Å². The number of hydrogen-bond acceptors (Lipinski definition) is 3. The Morgan fingerprint density at radius 1 is 1.12 bits per heavy atom. The molecule has 2 heterocycles. The molecule has 0 saturated carbocycles. The van der Waals surface area contributed by atoms with Gasteiger partial charge in [-0.05, 0) is 50.2 Å². The van der Waals surface area contributed by atoms with E-state index in [9.17, 15) is 18.0 Å². The zero-order chi connectivity index (χ0) is 17.9. The average molecular weight is 372 g/mol. The van der Waals surface area contributed by atoms with Crippen LogP contribution in [0.15, 0.2) is 24.3 Å². The van der Waals surface area contributed by atoms with Crippen molar-refractivity contribution in [2.75, 3.05) is 37.7 Å². The first-order valence-electron chi connectivity index (χ1n) is 8.74. The van der Waals surface area contributed by atoms with Gasteiger partial charge in [-0.1, -0.05) is 12.1 Å². The highest BCUT2D eigenvalue weighted by molar-refractivity contribution is 7.99. The first kappa shape index (κ1) is 18.6. The molecule has 0 aromatic heterocycles. The Bertz CT molecular complexity index is 602. The molecule has 0 radical (unpaired) electrons. The van der Waals surface area contributed by atoms with E-state index in [0.29, 0.717) is 6.54 Å². The Morgan fingerprint density at radius 2 is 1.84 bits per heavy atom. The van der Waals surface area contributed by atoms with Crippen molar-refractivity contribution >= 4 is 17.7 Å². The van der Waals surface area contributed by atoms with Crippen LogP contribution in [0.1, 0.15) is 35.2 Å². The molecule has 1 atom stereocenters. The maximum absolute atomic E-state index is 13.3. The summed E-state index contributed by atoms with van der Waals surface area (Å²) in [6, 6.07) is 5.11. The van der Waals surface area contributed by atoms with Gasteiger partial charge in [0.15, 0.2) is 0 Å². The Kier molecular flexibility index (Phi) is 5.94. The van der Waals surface area contributed by atoms with Crippen molar-refractivity contribution in [3.05, 3.63) is 35.4 Å². The Balaban J connectivity index is 1.84. The van der Waals surface area contributed by atoms with Crippen molar-refractivity contribution in [3.63, 3.8) is 0 Å². The van der Waals surface area contributed by atoms with Crippen molar-refractivity contribution in [2.24, 2.45) is 0 Å². The molecule has 0 spiro atoms. The topological polar surface area (TPSA) is 23.6 Å². The second-order valence-electron chi connectivity index (χ2n) is 6.63. The molecule has 1 amide bonds. The largest absolute Gasteiger partial charge is 0.417 e. The lowest BCUT2D eigenvalue weighted by Gasteiger charge is -2.33. The molecule has 0 aliphatic carbocycles. The SMILES string of the molecule is O=C(c1ccccc1C(F)(F)F)N1CCCSCC1CN1CCCC1. The molecule has 2 fully saturated rings. The molecule has 2 aliphatic rings. The molecule has 3 rings (SSSR count). The first-order chi connectivity index (χ1) is 12.0. The van der Waals surface area contributed by atoms with Gasteiger partial charge in [-0.2, -0.15) is 24.9 Å². The zero-order valence-corrected chi connectivity index (χ0v) is 14.9. The molecule has 1 aromatic carbocycles. The fourth-order valence-electron chi connectivity index (χ4n) is 3.58. The molecule has 1 aromatic rings. The van der Waals surface area contributed by atoms with Gasteiger partial charge in [-0.25, -0.2) is 0 Å². The van der Waals surface area contributed by atoms with Gasteiger partial charge in [0.05, 0.1) is 17.2 Å². The van der Waals surface area contributed by atoms with Crippen LogP contribution in [-0.4, -0.2) is 59.4 Å². The van der Waals surface area contributed by atoms with Crippen LogP contribution in [0.4, 0.5) is 13.2 Å². The third kappa shape index (κ3) is 4.50. The molecule has 1 unspecified atom stereocenters. The summed E-state index contributed by atoms with van der Waals surface area (Å²) in [5, 5.41) is 0. The number of thioether (sulfide) groups is 1. The molecule has 138 valence electrons. The summed E-state index contributed by atoms with van der Waals surface area (Å²) in [6.07, 6.45) is -1.38. The van der Waals surface area contributed by atoms with Crippen LogP contribution in [0, 0.1) is 0 Å². The van der Waals surface area contributed by atoms with Crippen molar-refractivity contribution in [2.45, 2.75) is 31.5 Å². The molecule has 25 heavy (non-hydrogen) atoms. The number of likely N-dealkylation sites (tertiary alicyclic amines) is 1. The van der Waals surface area contributed by atoms with E-state index >= 15 is 0 Å². The summed E-state index contributed by atoms with van der Waals surface area (Å²) < 4.78 is 39.9. The van der Waals surface area contributed by atoms with Gasteiger partial charge in [-0.15, -0.1) is 0 Å². The minimum Gasteiger partial charge on any atom is -0.334 e. The third-order valence-corrected chi connectivity index (χ3v) is 6.03. The fraction of sp³-hybridized carbons (Fsp3) is 0.611. The Labute approximate surface area is 150 Å². The highest BCUT2D eigenvalue weighted by Gasteiger charge is 2.37. The number of amides is 1. The third-order valence-electron chi connectivity index (χ3n) is 4.83. The highest BCUT2D eigenvalue weighted by Crippen LogP contribution is 2.33. The van der Waals surface area contributed by atoms with Crippen LogP contribution in [-0.2, 0) is 6.18 Å². The van der Waals surface area contributed by atoms with Gasteiger partial charge >= 0.3 is 6.18 Å². The van der Waals surface area contributed by atoms with E-state index < -0.39 is 17.6 Å². The van der Waals surface area contributed by atoms with Crippen molar-refractivity contribution in [1.82, 2.24) is 9.80 Å². The van der Waals surface area contributed by atoms with E-state index in [1.165, 1.54) is 18.2 Å². The van der Waals surface area contributed by atoms with Crippen LogP contribution in [0.5, 0.6) is 0 Å². The van der Waals surface area contributed by atoms with Gasteiger partial charge in [0, 0.05) is 18.8 Å². The van der Waals surface area contributed by atoms with E-state index in [2.05, 4.69) is 4.90 Å². The van der Waals surface area contributed by atoms with Crippen molar-refractivity contribution in [3.8, 4) is 0 Å². The molecule has 3 nitrogen and oxygen atoms in total. The monoisotopic (exact) mass is 372 g/mol. The van der Waals surface area contributed by atoms with Crippen LogP contribution in [0.2, 0.25) is 0 Å². The number of hydrogen-bond donors (Lipinski definition) is 0. The van der Waals surface area contributed by atoms with E-state index in [-0.39, 0.29) is 11.6 Å². The molecule has 0 N–H and O–H groups in total. The number of carbonyl (C=O) groups excluding carboxylic acids is 1. The highest BCUT2D eigenvalue weighted by atomic mass is 32.2. The first-order valence-corrected chi connectivity index (χ1v) is 9.89. The summed E-state index contributed by atoms with van der Waals surface area (Å²) in [5.74, 6) is 1.25. The van der Waals surface area contributed by atoms with Gasteiger partial charge in [-0.3, -0.25) is 4.79 Å². The number of alkyl halides is 3. The predicted molar refractivity (Wildman–Crippen MR) is 93.9 cm³/mol. The number of carbonyl (C=O) groups is 1. The maximum atomic E-state index is 13.3. The standard InChI is InChI=1S/C18H23F3N2OS/c19-18(20,21)16-7-2-1-6-15(16)17(24)23-10-5-11-25-13-14(23)12-22-8-3-4-9-22/h1-2,6-7,14H,3-5,8-13H2. The second-order valence-corrected chi connectivity index (χ2v) is 7.78. The van der Waals surface area contributed by atoms with Crippen LogP contribution < -0.4 is 0 Å². The van der Waals surface area contributed by atoms with E-state index in [1.807, 2.05) is 0 Å². The van der Waals surface area contributed by atoms with E-state index in [0.717, 1.165) is 56.5 Å². The predicted octanol–water partition coefficient (Wildman–Crippen LogP) is 3.75. The lowest BCUT2D eigenvalue weighted by Crippen LogP contribution is -2.48. The minimum atomic E-state index is -4.52. The maximum Gasteiger partial charge on any atom is 0.417 e. The summed E-state index contributed by atoms with van der Waals surface area (Å²) >= 11 is 1.79. The molecule has 2 aliphatic heterocycles. The number of nitrogens with zero attached hydrogens (tertiary/aromatic N) is 2.